The van der Waals surface area contributed by atoms with Crippen molar-refractivity contribution >= 4 is 41.1 Å². The highest BCUT2D eigenvalue weighted by Crippen LogP contribution is 2.28. The van der Waals surface area contributed by atoms with Crippen molar-refractivity contribution in [3.05, 3.63) is 24.3 Å². The Balaban J connectivity index is 1.50. The molecule has 174 valence electrons. The van der Waals surface area contributed by atoms with Gasteiger partial charge in [0.05, 0.1) is 25.0 Å². The number of carbonyl (C=O) groups excluding carboxylic acids is 4. The highest BCUT2D eigenvalue weighted by molar-refractivity contribution is 7.98. The van der Waals surface area contributed by atoms with Crippen LogP contribution in [0.2, 0.25) is 0 Å². The van der Waals surface area contributed by atoms with Crippen molar-refractivity contribution in [3.63, 3.8) is 0 Å². The topological polar surface area (TPSA) is 87.2 Å². The van der Waals surface area contributed by atoms with Gasteiger partial charge in [-0.3, -0.25) is 19.2 Å². The molecule has 0 radical (unpaired) electrons. The summed E-state index contributed by atoms with van der Waals surface area (Å²) in [5.74, 6) is -1.26. The Morgan fingerprint density at radius 3 is 2.38 bits per heavy atom. The minimum absolute atomic E-state index is 0.0317. The van der Waals surface area contributed by atoms with Gasteiger partial charge < -0.3 is 19.4 Å². The fraction of sp³-hybridized carbons (Fsp3) is 0.565. The summed E-state index contributed by atoms with van der Waals surface area (Å²) in [5.41, 5.74) is 0.784. The van der Waals surface area contributed by atoms with Crippen molar-refractivity contribution in [2.75, 3.05) is 51.0 Å². The smallest absolute Gasteiger partial charge is 0.309 e. The molecule has 0 bridgehead atoms. The fourth-order valence-corrected chi connectivity index (χ4v) is 4.61. The SMILES string of the molecule is CCOC(=O)C1CCN(C(=O)CN(C)C(=O)C2CC(=O)N(c3ccc(SC)cc3)C2)CC1. The zero-order valence-electron chi connectivity index (χ0n) is 18.9. The first-order chi connectivity index (χ1) is 15.3. The van der Waals surface area contributed by atoms with E-state index in [4.69, 9.17) is 4.74 Å². The van der Waals surface area contributed by atoms with Gasteiger partial charge in [0.15, 0.2) is 0 Å². The van der Waals surface area contributed by atoms with Crippen molar-refractivity contribution in [3.8, 4) is 0 Å². The first-order valence-corrected chi connectivity index (χ1v) is 12.2. The van der Waals surface area contributed by atoms with E-state index in [1.165, 1.54) is 4.90 Å². The van der Waals surface area contributed by atoms with Crippen molar-refractivity contribution < 1.29 is 23.9 Å². The van der Waals surface area contributed by atoms with Crippen LogP contribution in [0, 0.1) is 11.8 Å². The predicted octanol–water partition coefficient (Wildman–Crippen LogP) is 2.02. The molecular formula is C23H31N3O5S. The quantitative estimate of drug-likeness (QED) is 0.456. The summed E-state index contributed by atoms with van der Waals surface area (Å²) < 4.78 is 5.06. The van der Waals surface area contributed by atoms with Gasteiger partial charge in [0.25, 0.3) is 0 Å². The number of likely N-dealkylation sites (tertiary alicyclic amines) is 1. The molecule has 0 aliphatic carbocycles. The number of ether oxygens (including phenoxy) is 1. The lowest BCUT2D eigenvalue weighted by Gasteiger charge is -2.32. The van der Waals surface area contributed by atoms with Crippen LogP contribution in [0.4, 0.5) is 5.69 Å². The van der Waals surface area contributed by atoms with Crippen LogP contribution in [0.3, 0.4) is 0 Å². The molecule has 2 aliphatic rings. The molecule has 32 heavy (non-hydrogen) atoms. The summed E-state index contributed by atoms with van der Waals surface area (Å²) >= 11 is 1.63. The molecule has 0 spiro atoms. The molecule has 0 N–H and O–H groups in total. The lowest BCUT2D eigenvalue weighted by Crippen LogP contribution is -2.46. The summed E-state index contributed by atoms with van der Waals surface area (Å²) in [6, 6.07) is 7.70. The van der Waals surface area contributed by atoms with Gasteiger partial charge >= 0.3 is 5.97 Å². The Bertz CT molecular complexity index is 852. The van der Waals surface area contributed by atoms with E-state index in [1.807, 2.05) is 30.5 Å². The lowest BCUT2D eigenvalue weighted by molar-refractivity contribution is -0.151. The first kappa shape index (κ1) is 24.1. The molecule has 2 fully saturated rings. The molecular weight excluding hydrogens is 430 g/mol. The van der Waals surface area contributed by atoms with Gasteiger partial charge in [-0.25, -0.2) is 0 Å². The van der Waals surface area contributed by atoms with Gasteiger partial charge in [-0.2, -0.15) is 0 Å². The number of anilines is 1. The van der Waals surface area contributed by atoms with Gasteiger partial charge in [0.1, 0.15) is 0 Å². The van der Waals surface area contributed by atoms with Crippen molar-refractivity contribution in [1.29, 1.82) is 0 Å². The third-order valence-corrected chi connectivity index (χ3v) is 6.82. The van der Waals surface area contributed by atoms with Crippen LogP contribution in [0.15, 0.2) is 29.2 Å². The Hall–Kier alpha value is -2.55. The number of amides is 3. The second kappa shape index (κ2) is 10.8. The molecule has 9 heteroatoms. The van der Waals surface area contributed by atoms with E-state index in [9.17, 15) is 19.2 Å². The van der Waals surface area contributed by atoms with E-state index in [0.717, 1.165) is 10.6 Å². The number of esters is 1. The van der Waals surface area contributed by atoms with E-state index >= 15 is 0 Å². The molecule has 8 nitrogen and oxygen atoms in total. The number of hydrogen-bond donors (Lipinski definition) is 0. The number of benzene rings is 1. The molecule has 3 rings (SSSR count). The minimum atomic E-state index is -0.463. The Morgan fingerprint density at radius 1 is 1.12 bits per heavy atom. The molecule has 0 saturated carbocycles. The number of nitrogens with zero attached hydrogens (tertiary/aromatic N) is 3. The molecule has 2 aliphatic heterocycles. The Labute approximate surface area is 193 Å². The number of likely N-dealkylation sites (N-methyl/N-ethyl adjacent to an activating group) is 1. The number of carbonyl (C=O) groups is 4. The third kappa shape index (κ3) is 5.62. The summed E-state index contributed by atoms with van der Waals surface area (Å²) in [6.45, 7) is 3.38. The average molecular weight is 462 g/mol. The first-order valence-electron chi connectivity index (χ1n) is 11.0. The van der Waals surface area contributed by atoms with Crippen LogP contribution in [-0.2, 0) is 23.9 Å². The normalized spacial score (nSPS) is 19.2. The molecule has 2 saturated heterocycles. The fourth-order valence-electron chi connectivity index (χ4n) is 4.20. The van der Waals surface area contributed by atoms with Crippen molar-refractivity contribution in [2.45, 2.75) is 31.1 Å². The summed E-state index contributed by atoms with van der Waals surface area (Å²) in [7, 11) is 1.60. The molecule has 2 heterocycles. The predicted molar refractivity (Wildman–Crippen MR) is 122 cm³/mol. The molecule has 1 atom stereocenters. The maximum absolute atomic E-state index is 12.9. The van der Waals surface area contributed by atoms with Gasteiger partial charge in [-0.05, 0) is 50.3 Å². The van der Waals surface area contributed by atoms with Crippen molar-refractivity contribution in [1.82, 2.24) is 9.80 Å². The highest BCUT2D eigenvalue weighted by Gasteiger charge is 2.37. The number of rotatable bonds is 7. The van der Waals surface area contributed by atoms with E-state index in [0.29, 0.717) is 39.1 Å². The maximum atomic E-state index is 12.9. The number of hydrogen-bond acceptors (Lipinski definition) is 6. The molecule has 1 aromatic carbocycles. The molecule has 0 aromatic heterocycles. The zero-order chi connectivity index (χ0) is 23.3. The number of thioether (sulfide) groups is 1. The molecule has 1 unspecified atom stereocenters. The highest BCUT2D eigenvalue weighted by atomic mass is 32.2. The average Bonchev–Trinajstić information content (AvgIpc) is 3.20. The van der Waals surface area contributed by atoms with Crippen LogP contribution in [0.25, 0.3) is 0 Å². The Kier molecular flexibility index (Phi) is 8.17. The van der Waals surface area contributed by atoms with Gasteiger partial charge in [0, 0.05) is 43.7 Å². The van der Waals surface area contributed by atoms with Gasteiger partial charge in [0.2, 0.25) is 17.7 Å². The zero-order valence-corrected chi connectivity index (χ0v) is 19.7. The monoisotopic (exact) mass is 461 g/mol. The standard InChI is InChI=1S/C23H31N3O5S/c1-4-31-23(30)16-9-11-25(12-10-16)21(28)15-24(2)22(29)17-13-20(27)26(14-17)18-5-7-19(32-3)8-6-18/h5-8,16-17H,4,9-15H2,1-3H3. The summed E-state index contributed by atoms with van der Waals surface area (Å²) in [5, 5.41) is 0. The van der Waals surface area contributed by atoms with Crippen LogP contribution in [0.1, 0.15) is 26.2 Å². The molecule has 1 aromatic rings. The van der Waals surface area contributed by atoms with E-state index in [-0.39, 0.29) is 42.6 Å². The summed E-state index contributed by atoms with van der Waals surface area (Å²) in [4.78, 5) is 55.8. The largest absolute Gasteiger partial charge is 0.466 e. The van der Waals surface area contributed by atoms with Gasteiger partial charge in [-0.15, -0.1) is 11.8 Å². The lowest BCUT2D eigenvalue weighted by atomic mass is 9.97. The van der Waals surface area contributed by atoms with Crippen LogP contribution in [-0.4, -0.2) is 79.6 Å². The van der Waals surface area contributed by atoms with E-state index < -0.39 is 5.92 Å². The van der Waals surface area contributed by atoms with E-state index in [1.54, 1.807) is 35.5 Å². The number of piperidine rings is 1. The van der Waals surface area contributed by atoms with Crippen molar-refractivity contribution in [2.24, 2.45) is 11.8 Å². The van der Waals surface area contributed by atoms with Crippen LogP contribution >= 0.6 is 11.8 Å². The Morgan fingerprint density at radius 2 is 1.78 bits per heavy atom. The van der Waals surface area contributed by atoms with Crippen LogP contribution in [0.5, 0.6) is 0 Å². The molecule has 3 amide bonds. The summed E-state index contributed by atoms with van der Waals surface area (Å²) in [6.07, 6.45) is 3.28. The minimum Gasteiger partial charge on any atom is -0.466 e. The maximum Gasteiger partial charge on any atom is 0.309 e. The second-order valence-electron chi connectivity index (χ2n) is 8.20. The van der Waals surface area contributed by atoms with E-state index in [2.05, 4.69) is 0 Å². The van der Waals surface area contributed by atoms with Gasteiger partial charge in [-0.1, -0.05) is 0 Å². The third-order valence-electron chi connectivity index (χ3n) is 6.07. The second-order valence-corrected chi connectivity index (χ2v) is 9.08. The van der Waals surface area contributed by atoms with Crippen LogP contribution < -0.4 is 4.90 Å².